The second-order valence-corrected chi connectivity index (χ2v) is 4.24. The lowest BCUT2D eigenvalue weighted by Crippen LogP contribution is -1.94. The third-order valence-electron chi connectivity index (χ3n) is 2.94. The molecule has 0 atom stereocenters. The molecule has 0 amide bonds. The van der Waals surface area contributed by atoms with E-state index in [9.17, 15) is 0 Å². The molecule has 82 valence electrons. The van der Waals surface area contributed by atoms with Crippen molar-refractivity contribution in [2.75, 3.05) is 5.32 Å². The Morgan fingerprint density at radius 3 is 2.19 bits per heavy atom. The van der Waals surface area contributed by atoms with E-state index in [4.69, 9.17) is 0 Å². The summed E-state index contributed by atoms with van der Waals surface area (Å²) in [7, 11) is 0. The fourth-order valence-electron chi connectivity index (χ4n) is 1.68. The van der Waals surface area contributed by atoms with Crippen LogP contribution in [0.1, 0.15) is 16.7 Å². The molecule has 0 saturated heterocycles. The first-order valence-corrected chi connectivity index (χ1v) is 5.57. The van der Waals surface area contributed by atoms with Gasteiger partial charge in [-0.1, -0.05) is 29.8 Å². The molecule has 0 spiro atoms. The van der Waals surface area contributed by atoms with Gasteiger partial charge in [0.25, 0.3) is 0 Å². The van der Waals surface area contributed by atoms with Crippen LogP contribution in [0.3, 0.4) is 0 Å². The topological polar surface area (TPSA) is 12.0 Å². The minimum Gasteiger partial charge on any atom is -0.355 e. The number of hydrogen-bond acceptors (Lipinski definition) is 1. The lowest BCUT2D eigenvalue weighted by atomic mass is 10.1. The predicted octanol–water partition coefficient (Wildman–Crippen LogP) is 4.36. The molecule has 0 aliphatic carbocycles. The van der Waals surface area contributed by atoms with E-state index in [0.29, 0.717) is 0 Å². The third kappa shape index (κ3) is 2.25. The summed E-state index contributed by atoms with van der Waals surface area (Å²) in [6.07, 6.45) is 0. The molecule has 1 N–H and O–H groups in total. The molecular formula is C15H17N. The number of benzene rings is 2. The Hall–Kier alpha value is -1.76. The highest BCUT2D eigenvalue weighted by Gasteiger charge is 2.00. The lowest BCUT2D eigenvalue weighted by Gasteiger charge is -2.11. The number of nitrogens with one attached hydrogen (secondary N) is 1. The molecule has 0 aliphatic rings. The van der Waals surface area contributed by atoms with E-state index >= 15 is 0 Å². The van der Waals surface area contributed by atoms with Crippen molar-refractivity contribution in [3.05, 3.63) is 59.2 Å². The third-order valence-corrected chi connectivity index (χ3v) is 2.94. The first kappa shape index (κ1) is 10.7. The maximum atomic E-state index is 3.44. The zero-order chi connectivity index (χ0) is 11.5. The van der Waals surface area contributed by atoms with E-state index in [2.05, 4.69) is 68.6 Å². The molecule has 0 saturated carbocycles. The van der Waals surface area contributed by atoms with Crippen LogP contribution in [0.5, 0.6) is 0 Å². The van der Waals surface area contributed by atoms with Crippen LogP contribution < -0.4 is 5.32 Å². The second kappa shape index (κ2) is 4.40. The summed E-state index contributed by atoms with van der Waals surface area (Å²) in [6, 6.07) is 14.8. The van der Waals surface area contributed by atoms with Gasteiger partial charge in [0.1, 0.15) is 0 Å². The highest BCUT2D eigenvalue weighted by molar-refractivity contribution is 5.64. The molecule has 0 fully saturated rings. The Morgan fingerprint density at radius 1 is 0.812 bits per heavy atom. The Bertz CT molecular complexity index is 483. The number of rotatable bonds is 2. The Kier molecular flexibility index (Phi) is 2.95. The quantitative estimate of drug-likeness (QED) is 0.778. The molecule has 0 heterocycles. The van der Waals surface area contributed by atoms with E-state index in [1.165, 1.54) is 22.4 Å². The highest BCUT2D eigenvalue weighted by atomic mass is 14.9. The summed E-state index contributed by atoms with van der Waals surface area (Å²) in [5, 5.41) is 3.44. The van der Waals surface area contributed by atoms with Gasteiger partial charge in [0.2, 0.25) is 0 Å². The SMILES string of the molecule is Cc1ccc(Nc2cccc(C)c2C)cc1. The molecule has 1 heteroatoms. The molecule has 0 aromatic heterocycles. The Labute approximate surface area is 97.1 Å². The number of hydrogen-bond donors (Lipinski definition) is 1. The average Bonchev–Trinajstić information content (AvgIpc) is 2.28. The van der Waals surface area contributed by atoms with Gasteiger partial charge in [0, 0.05) is 11.4 Å². The summed E-state index contributed by atoms with van der Waals surface area (Å²) < 4.78 is 0. The molecular weight excluding hydrogens is 194 g/mol. The van der Waals surface area contributed by atoms with Crippen molar-refractivity contribution in [3.63, 3.8) is 0 Å². The molecule has 0 aliphatic heterocycles. The normalized spacial score (nSPS) is 10.2. The highest BCUT2D eigenvalue weighted by Crippen LogP contribution is 2.22. The molecule has 2 aromatic rings. The van der Waals surface area contributed by atoms with Crippen molar-refractivity contribution >= 4 is 11.4 Å². The van der Waals surface area contributed by atoms with Crippen molar-refractivity contribution in [2.45, 2.75) is 20.8 Å². The van der Waals surface area contributed by atoms with Crippen molar-refractivity contribution < 1.29 is 0 Å². The van der Waals surface area contributed by atoms with Gasteiger partial charge in [-0.3, -0.25) is 0 Å². The lowest BCUT2D eigenvalue weighted by molar-refractivity contribution is 1.33. The number of aryl methyl sites for hydroxylation is 2. The molecule has 1 nitrogen and oxygen atoms in total. The van der Waals surface area contributed by atoms with E-state index in [0.717, 1.165) is 5.69 Å². The van der Waals surface area contributed by atoms with Crippen molar-refractivity contribution in [1.29, 1.82) is 0 Å². The van der Waals surface area contributed by atoms with Crippen LogP contribution in [0.15, 0.2) is 42.5 Å². The molecule has 0 radical (unpaired) electrons. The van der Waals surface area contributed by atoms with Gasteiger partial charge in [-0.2, -0.15) is 0 Å². The van der Waals surface area contributed by atoms with E-state index in [-0.39, 0.29) is 0 Å². The summed E-state index contributed by atoms with van der Waals surface area (Å²) in [4.78, 5) is 0. The van der Waals surface area contributed by atoms with Crippen molar-refractivity contribution in [2.24, 2.45) is 0 Å². The molecule has 0 unspecified atom stereocenters. The van der Waals surface area contributed by atoms with Crippen LogP contribution in [-0.2, 0) is 0 Å². The van der Waals surface area contributed by atoms with Crippen LogP contribution in [0.25, 0.3) is 0 Å². The molecule has 2 rings (SSSR count). The predicted molar refractivity (Wildman–Crippen MR) is 70.4 cm³/mol. The van der Waals surface area contributed by atoms with Gasteiger partial charge in [-0.15, -0.1) is 0 Å². The van der Waals surface area contributed by atoms with Gasteiger partial charge >= 0.3 is 0 Å². The minimum atomic E-state index is 1.14. The first-order valence-electron chi connectivity index (χ1n) is 5.57. The molecule has 2 aromatic carbocycles. The van der Waals surface area contributed by atoms with Gasteiger partial charge in [-0.25, -0.2) is 0 Å². The van der Waals surface area contributed by atoms with Crippen LogP contribution in [0.4, 0.5) is 11.4 Å². The maximum Gasteiger partial charge on any atom is 0.0416 e. The maximum absolute atomic E-state index is 3.44. The van der Waals surface area contributed by atoms with Crippen LogP contribution >= 0.6 is 0 Å². The summed E-state index contributed by atoms with van der Waals surface area (Å²) in [5.41, 5.74) is 6.23. The first-order chi connectivity index (χ1) is 7.66. The minimum absolute atomic E-state index is 1.14. The van der Waals surface area contributed by atoms with Gasteiger partial charge in [0.15, 0.2) is 0 Å². The molecule has 0 bridgehead atoms. The van der Waals surface area contributed by atoms with Crippen molar-refractivity contribution in [3.8, 4) is 0 Å². The smallest absolute Gasteiger partial charge is 0.0416 e. The zero-order valence-corrected chi connectivity index (χ0v) is 10.0. The van der Waals surface area contributed by atoms with Crippen molar-refractivity contribution in [1.82, 2.24) is 0 Å². The van der Waals surface area contributed by atoms with E-state index < -0.39 is 0 Å². The zero-order valence-electron chi connectivity index (χ0n) is 10.0. The monoisotopic (exact) mass is 211 g/mol. The average molecular weight is 211 g/mol. The van der Waals surface area contributed by atoms with E-state index in [1.54, 1.807) is 0 Å². The van der Waals surface area contributed by atoms with Gasteiger partial charge in [0.05, 0.1) is 0 Å². The van der Waals surface area contributed by atoms with Crippen LogP contribution in [0.2, 0.25) is 0 Å². The Balaban J connectivity index is 2.27. The summed E-state index contributed by atoms with van der Waals surface area (Å²) >= 11 is 0. The largest absolute Gasteiger partial charge is 0.355 e. The standard InChI is InChI=1S/C15H17N/c1-11-7-9-14(10-8-11)16-15-6-4-5-12(2)13(15)3/h4-10,16H,1-3H3. The Morgan fingerprint density at radius 2 is 1.50 bits per heavy atom. The van der Waals surface area contributed by atoms with Crippen LogP contribution in [0, 0.1) is 20.8 Å². The van der Waals surface area contributed by atoms with Gasteiger partial charge < -0.3 is 5.32 Å². The van der Waals surface area contributed by atoms with Gasteiger partial charge in [-0.05, 0) is 50.1 Å². The fourth-order valence-corrected chi connectivity index (χ4v) is 1.68. The second-order valence-electron chi connectivity index (χ2n) is 4.24. The van der Waals surface area contributed by atoms with E-state index in [1.807, 2.05) is 0 Å². The fraction of sp³-hybridized carbons (Fsp3) is 0.200. The molecule has 16 heavy (non-hydrogen) atoms. The summed E-state index contributed by atoms with van der Waals surface area (Å²) in [5.74, 6) is 0. The van der Waals surface area contributed by atoms with Crippen LogP contribution in [-0.4, -0.2) is 0 Å². The summed E-state index contributed by atoms with van der Waals surface area (Å²) in [6.45, 7) is 6.38. The number of anilines is 2.